The zero-order valence-electron chi connectivity index (χ0n) is 8.96. The minimum Gasteiger partial charge on any atom is -0.462 e. The number of aryl methyl sites for hydroxylation is 2. The van der Waals surface area contributed by atoms with E-state index in [0.29, 0.717) is 12.2 Å². The molecule has 0 atom stereocenters. The minimum absolute atomic E-state index is 0.215. The van der Waals surface area contributed by atoms with Crippen LogP contribution < -0.4 is 0 Å². The molecule has 0 fully saturated rings. The Bertz CT molecular complexity index is 329. The van der Waals surface area contributed by atoms with Crippen molar-refractivity contribution in [3.05, 3.63) is 34.9 Å². The highest BCUT2D eigenvalue weighted by molar-refractivity contribution is 5.91. The van der Waals surface area contributed by atoms with Crippen LogP contribution in [0, 0.1) is 6.92 Å². The Morgan fingerprint density at radius 2 is 2.07 bits per heavy atom. The van der Waals surface area contributed by atoms with Crippen molar-refractivity contribution in [1.29, 1.82) is 0 Å². The van der Waals surface area contributed by atoms with Crippen LogP contribution in [-0.2, 0) is 11.2 Å². The Balaban J connectivity index is 3.03. The first kappa shape index (κ1) is 10.8. The van der Waals surface area contributed by atoms with Crippen LogP contribution in [0.4, 0.5) is 0 Å². The van der Waals surface area contributed by atoms with Crippen molar-refractivity contribution < 1.29 is 9.53 Å². The fourth-order valence-corrected chi connectivity index (χ4v) is 1.40. The van der Waals surface area contributed by atoms with Crippen LogP contribution in [0.15, 0.2) is 18.2 Å². The molecule has 0 aliphatic rings. The molecule has 0 aliphatic heterocycles. The van der Waals surface area contributed by atoms with E-state index in [4.69, 9.17) is 4.74 Å². The Hall–Kier alpha value is -1.31. The number of carbonyl (C=O) groups excluding carboxylic acids is 1. The Kier molecular flexibility index (Phi) is 3.69. The molecule has 0 saturated heterocycles. The van der Waals surface area contributed by atoms with Crippen LogP contribution in [0.3, 0.4) is 0 Å². The van der Waals surface area contributed by atoms with Gasteiger partial charge in [0.2, 0.25) is 0 Å². The van der Waals surface area contributed by atoms with Crippen molar-refractivity contribution in [2.45, 2.75) is 27.2 Å². The normalized spacial score (nSPS) is 9.93. The summed E-state index contributed by atoms with van der Waals surface area (Å²) in [6.45, 7) is 6.25. The van der Waals surface area contributed by atoms with Crippen molar-refractivity contribution in [3.63, 3.8) is 0 Å². The van der Waals surface area contributed by atoms with E-state index >= 15 is 0 Å². The van der Waals surface area contributed by atoms with Crippen LogP contribution in [0.5, 0.6) is 0 Å². The largest absolute Gasteiger partial charge is 0.462 e. The zero-order chi connectivity index (χ0) is 10.6. The average molecular weight is 192 g/mol. The predicted octanol–water partition coefficient (Wildman–Crippen LogP) is 2.73. The molecule has 1 rings (SSSR count). The average Bonchev–Trinajstić information content (AvgIpc) is 2.18. The Labute approximate surface area is 84.9 Å². The highest BCUT2D eigenvalue weighted by Gasteiger charge is 2.10. The third-order valence-corrected chi connectivity index (χ3v) is 2.14. The third-order valence-electron chi connectivity index (χ3n) is 2.14. The number of benzene rings is 1. The molecule has 0 amide bonds. The van der Waals surface area contributed by atoms with Crippen molar-refractivity contribution in [2.75, 3.05) is 6.61 Å². The van der Waals surface area contributed by atoms with Crippen molar-refractivity contribution >= 4 is 5.97 Å². The van der Waals surface area contributed by atoms with Gasteiger partial charge >= 0.3 is 5.97 Å². The quantitative estimate of drug-likeness (QED) is 0.688. The van der Waals surface area contributed by atoms with Crippen LogP contribution >= 0.6 is 0 Å². The summed E-state index contributed by atoms with van der Waals surface area (Å²) in [6, 6.07) is 5.89. The van der Waals surface area contributed by atoms with Gasteiger partial charge in [0.05, 0.1) is 12.2 Å². The summed E-state index contributed by atoms with van der Waals surface area (Å²) >= 11 is 0. The highest BCUT2D eigenvalue weighted by atomic mass is 16.5. The highest BCUT2D eigenvalue weighted by Crippen LogP contribution is 2.13. The van der Waals surface area contributed by atoms with Gasteiger partial charge in [0.25, 0.3) is 0 Å². The van der Waals surface area contributed by atoms with Crippen molar-refractivity contribution in [1.82, 2.24) is 0 Å². The van der Waals surface area contributed by atoms with E-state index in [1.807, 2.05) is 39.0 Å². The fraction of sp³-hybridized carbons (Fsp3) is 0.417. The third kappa shape index (κ3) is 2.34. The van der Waals surface area contributed by atoms with Gasteiger partial charge in [-0.2, -0.15) is 0 Å². The lowest BCUT2D eigenvalue weighted by molar-refractivity contribution is 0.0525. The topological polar surface area (TPSA) is 26.3 Å². The van der Waals surface area contributed by atoms with Crippen LogP contribution in [0.2, 0.25) is 0 Å². The molecule has 0 N–H and O–H groups in total. The second-order valence-corrected chi connectivity index (χ2v) is 3.23. The van der Waals surface area contributed by atoms with E-state index in [1.54, 1.807) is 0 Å². The standard InChI is InChI=1S/C12H16O2/c1-4-10-7-6-9(3)8-11(10)12(13)14-5-2/h6-8H,4-5H2,1-3H3. The first-order valence-corrected chi connectivity index (χ1v) is 4.95. The SMILES string of the molecule is CCOC(=O)c1cc(C)ccc1CC. The van der Waals surface area contributed by atoms with Crippen LogP contribution in [-0.4, -0.2) is 12.6 Å². The lowest BCUT2D eigenvalue weighted by Crippen LogP contribution is -2.08. The number of esters is 1. The van der Waals surface area contributed by atoms with Crippen LogP contribution in [0.25, 0.3) is 0 Å². The van der Waals surface area contributed by atoms with E-state index in [-0.39, 0.29) is 5.97 Å². The van der Waals surface area contributed by atoms with Gasteiger partial charge < -0.3 is 4.74 Å². The summed E-state index contributed by atoms with van der Waals surface area (Å²) in [5.41, 5.74) is 2.84. The molecule has 1 aromatic rings. The molecule has 2 heteroatoms. The summed E-state index contributed by atoms with van der Waals surface area (Å²) in [6.07, 6.45) is 0.856. The maximum Gasteiger partial charge on any atom is 0.338 e. The van der Waals surface area contributed by atoms with Gasteiger partial charge in [-0.15, -0.1) is 0 Å². The lowest BCUT2D eigenvalue weighted by atomic mass is 10.0. The Morgan fingerprint density at radius 3 is 2.64 bits per heavy atom. The molecule has 0 spiro atoms. The summed E-state index contributed by atoms with van der Waals surface area (Å²) < 4.78 is 4.99. The monoisotopic (exact) mass is 192 g/mol. The van der Waals surface area contributed by atoms with E-state index in [0.717, 1.165) is 17.5 Å². The molecular weight excluding hydrogens is 176 g/mol. The number of rotatable bonds is 3. The second-order valence-electron chi connectivity index (χ2n) is 3.23. The van der Waals surface area contributed by atoms with Gasteiger partial charge in [-0.3, -0.25) is 0 Å². The van der Waals surface area contributed by atoms with Gasteiger partial charge in [0, 0.05) is 0 Å². The van der Waals surface area contributed by atoms with Gasteiger partial charge in [-0.1, -0.05) is 24.6 Å². The molecule has 0 unspecified atom stereocenters. The number of carbonyl (C=O) groups is 1. The number of ether oxygens (including phenoxy) is 1. The number of hydrogen-bond donors (Lipinski definition) is 0. The van der Waals surface area contributed by atoms with Gasteiger partial charge in [-0.25, -0.2) is 4.79 Å². The van der Waals surface area contributed by atoms with E-state index < -0.39 is 0 Å². The molecule has 0 saturated carbocycles. The summed E-state index contributed by atoms with van der Waals surface area (Å²) in [5, 5.41) is 0. The predicted molar refractivity (Wildman–Crippen MR) is 56.5 cm³/mol. The molecule has 14 heavy (non-hydrogen) atoms. The summed E-state index contributed by atoms with van der Waals surface area (Å²) in [5.74, 6) is -0.215. The minimum atomic E-state index is -0.215. The first-order chi connectivity index (χ1) is 6.69. The van der Waals surface area contributed by atoms with Gasteiger partial charge in [-0.05, 0) is 31.9 Å². The maximum atomic E-state index is 11.6. The molecule has 1 aromatic carbocycles. The second kappa shape index (κ2) is 4.80. The fourth-order valence-electron chi connectivity index (χ4n) is 1.40. The van der Waals surface area contributed by atoms with Gasteiger partial charge in [0.1, 0.15) is 0 Å². The molecular formula is C12H16O2. The lowest BCUT2D eigenvalue weighted by Gasteiger charge is -2.07. The first-order valence-electron chi connectivity index (χ1n) is 4.95. The summed E-state index contributed by atoms with van der Waals surface area (Å²) in [4.78, 5) is 11.6. The smallest absolute Gasteiger partial charge is 0.338 e. The Morgan fingerprint density at radius 1 is 1.36 bits per heavy atom. The van der Waals surface area contributed by atoms with Crippen molar-refractivity contribution in [2.24, 2.45) is 0 Å². The molecule has 2 nitrogen and oxygen atoms in total. The molecule has 0 radical (unpaired) electrons. The summed E-state index contributed by atoms with van der Waals surface area (Å²) in [7, 11) is 0. The molecule has 0 aromatic heterocycles. The van der Waals surface area contributed by atoms with E-state index in [1.165, 1.54) is 0 Å². The van der Waals surface area contributed by atoms with Crippen molar-refractivity contribution in [3.8, 4) is 0 Å². The zero-order valence-corrected chi connectivity index (χ0v) is 8.96. The van der Waals surface area contributed by atoms with Gasteiger partial charge in [0.15, 0.2) is 0 Å². The maximum absolute atomic E-state index is 11.6. The molecule has 76 valence electrons. The molecule has 0 aliphatic carbocycles. The van der Waals surface area contributed by atoms with Crippen LogP contribution in [0.1, 0.15) is 35.3 Å². The van der Waals surface area contributed by atoms with E-state index in [9.17, 15) is 4.79 Å². The van der Waals surface area contributed by atoms with E-state index in [2.05, 4.69) is 0 Å². The molecule has 0 heterocycles. The molecule has 0 bridgehead atoms. The number of hydrogen-bond acceptors (Lipinski definition) is 2.